The van der Waals surface area contributed by atoms with Crippen LogP contribution in [0.3, 0.4) is 0 Å². The molecule has 0 aliphatic rings. The summed E-state index contributed by atoms with van der Waals surface area (Å²) in [6, 6.07) is 0. The van der Waals surface area contributed by atoms with E-state index < -0.39 is 8.29 Å². The van der Waals surface area contributed by atoms with Gasteiger partial charge in [0.25, 0.3) is 0 Å². The molecular formula is C12H28S2. The maximum Gasteiger partial charge on any atom is 0.0122 e. The molecule has 2 heteroatoms. The number of hydrogen-bond acceptors (Lipinski definition) is 1. The molecule has 0 amide bonds. The van der Waals surface area contributed by atoms with E-state index in [0.29, 0.717) is 5.92 Å². The molecule has 0 bridgehead atoms. The molecule has 0 aromatic carbocycles. The molecule has 0 fully saturated rings. The second-order valence-electron chi connectivity index (χ2n) is 6.95. The fourth-order valence-electron chi connectivity index (χ4n) is 0.778. The van der Waals surface area contributed by atoms with Crippen LogP contribution in [-0.4, -0.2) is 41.6 Å². The van der Waals surface area contributed by atoms with E-state index in [4.69, 9.17) is 0 Å². The fraction of sp³-hybridized carbons (Fsp3) is 0.833. The minimum absolute atomic E-state index is 0.644. The summed E-state index contributed by atoms with van der Waals surface area (Å²) in [5, 5.41) is 1.31. The Kier molecular flexibility index (Phi) is 3.90. The Morgan fingerprint density at radius 3 is 2.14 bits per heavy atom. The largest absolute Gasteiger partial charge is 0.276 e. The summed E-state index contributed by atoms with van der Waals surface area (Å²) >= 11 is 2.10. The van der Waals surface area contributed by atoms with Gasteiger partial charge in [0.15, 0.2) is 0 Å². The third-order valence-corrected chi connectivity index (χ3v) is 11.4. The van der Waals surface area contributed by atoms with E-state index in [1.807, 2.05) is 0 Å². The second kappa shape index (κ2) is 3.79. The summed E-state index contributed by atoms with van der Waals surface area (Å²) in [4.78, 5) is 0. The van der Waals surface area contributed by atoms with Gasteiger partial charge in [-0.1, -0.05) is 19.9 Å². The molecule has 0 aliphatic heterocycles. The van der Waals surface area contributed by atoms with Crippen molar-refractivity contribution >= 4 is 20.1 Å². The van der Waals surface area contributed by atoms with Crippen molar-refractivity contribution in [3.63, 3.8) is 0 Å². The minimum atomic E-state index is -1.72. The molecule has 14 heavy (non-hydrogen) atoms. The predicted molar refractivity (Wildman–Crippen MR) is 78.5 cm³/mol. The molecule has 0 aliphatic carbocycles. The molecule has 0 heterocycles. The molecule has 1 atom stereocenters. The highest BCUT2D eigenvalue weighted by molar-refractivity contribution is 8.65. The van der Waals surface area contributed by atoms with Crippen LogP contribution in [0.5, 0.6) is 0 Å². The molecule has 0 aromatic heterocycles. The van der Waals surface area contributed by atoms with Gasteiger partial charge in [-0.3, -0.25) is 8.29 Å². The molecule has 0 N–H and O–H groups in total. The van der Waals surface area contributed by atoms with Crippen LogP contribution in [-0.2, 0) is 0 Å². The van der Waals surface area contributed by atoms with Gasteiger partial charge in [0.1, 0.15) is 0 Å². The van der Waals surface area contributed by atoms with E-state index in [1.54, 1.807) is 0 Å². The van der Waals surface area contributed by atoms with E-state index in [-0.39, 0.29) is 0 Å². The van der Waals surface area contributed by atoms with Gasteiger partial charge in [0, 0.05) is 10.8 Å². The van der Waals surface area contributed by atoms with Crippen molar-refractivity contribution in [1.29, 1.82) is 0 Å². The summed E-state index contributed by atoms with van der Waals surface area (Å²) in [5.41, 5.74) is 0. The highest BCUT2D eigenvalue weighted by Crippen LogP contribution is 2.79. The lowest BCUT2D eigenvalue weighted by atomic mass is 10.2. The molecule has 0 spiro atoms. The first-order valence-electron chi connectivity index (χ1n) is 5.22. The van der Waals surface area contributed by atoms with Crippen molar-refractivity contribution in [1.82, 2.24) is 0 Å². The van der Waals surface area contributed by atoms with Crippen molar-refractivity contribution in [2.75, 3.05) is 41.6 Å². The lowest BCUT2D eigenvalue weighted by Crippen LogP contribution is -2.36. The zero-order chi connectivity index (χ0) is 11.5. The van der Waals surface area contributed by atoms with Crippen molar-refractivity contribution in [2.24, 2.45) is 5.92 Å². The SMILES string of the molecule is C=CC(C)CSCS(C)(C)(C)(C)CC. The van der Waals surface area contributed by atoms with Gasteiger partial charge < -0.3 is 0 Å². The molecular weight excluding hydrogens is 208 g/mol. The molecule has 0 rings (SSSR count). The predicted octanol–water partition coefficient (Wildman–Crippen LogP) is 3.91. The van der Waals surface area contributed by atoms with E-state index >= 15 is 0 Å². The standard InChI is InChI=1S/C12H28S2/c1-8-12(3)10-13-11-14(4,5,6,7)9-2/h8,12H,1,9-11H2,2-7H3. The zero-order valence-electron chi connectivity index (χ0n) is 10.8. The third kappa shape index (κ3) is 6.02. The average molecular weight is 236 g/mol. The van der Waals surface area contributed by atoms with Crippen LogP contribution in [0.25, 0.3) is 0 Å². The number of allylic oxidation sites excluding steroid dienone is 1. The Balaban J connectivity index is 4.20. The topological polar surface area (TPSA) is 0 Å². The number of thioether (sulfide) groups is 1. The van der Waals surface area contributed by atoms with Crippen LogP contribution in [0, 0.1) is 5.92 Å². The third-order valence-electron chi connectivity index (χ3n) is 2.78. The first-order valence-corrected chi connectivity index (χ1v) is 10.8. The first kappa shape index (κ1) is 14.4. The van der Waals surface area contributed by atoms with Crippen molar-refractivity contribution in [2.45, 2.75) is 13.8 Å². The maximum absolute atomic E-state index is 3.83. The number of hydrogen-bond donors (Lipinski definition) is 0. The molecule has 0 aromatic rings. The van der Waals surface area contributed by atoms with E-state index in [0.717, 1.165) is 0 Å². The van der Waals surface area contributed by atoms with Gasteiger partial charge >= 0.3 is 0 Å². The van der Waals surface area contributed by atoms with Gasteiger partial charge in [-0.25, -0.2) is 0 Å². The first-order chi connectivity index (χ1) is 6.02. The van der Waals surface area contributed by atoms with Gasteiger partial charge in [-0.2, -0.15) is 11.8 Å². The Labute approximate surface area is 94.2 Å². The van der Waals surface area contributed by atoms with E-state index in [9.17, 15) is 0 Å². The summed E-state index contributed by atoms with van der Waals surface area (Å²) in [6.45, 7) is 8.40. The Hall–Kier alpha value is 0.440. The fourth-order valence-corrected chi connectivity index (χ4v) is 5.48. The van der Waals surface area contributed by atoms with Gasteiger partial charge in [-0.05, 0) is 36.7 Å². The van der Waals surface area contributed by atoms with Gasteiger partial charge in [0.05, 0.1) is 0 Å². The van der Waals surface area contributed by atoms with Crippen LogP contribution in [0.2, 0.25) is 0 Å². The highest BCUT2D eigenvalue weighted by atomic mass is 32.4. The summed E-state index contributed by atoms with van der Waals surface area (Å²) in [5.74, 6) is 3.17. The molecule has 0 saturated heterocycles. The van der Waals surface area contributed by atoms with Gasteiger partial charge in [0.2, 0.25) is 0 Å². The molecule has 88 valence electrons. The minimum Gasteiger partial charge on any atom is -0.276 e. The lowest BCUT2D eigenvalue weighted by Gasteiger charge is -2.68. The maximum atomic E-state index is 3.83. The summed E-state index contributed by atoms with van der Waals surface area (Å²) in [6.07, 6.45) is 12.0. The molecule has 0 nitrogen and oxygen atoms in total. The Bertz CT molecular complexity index is 207. The lowest BCUT2D eigenvalue weighted by molar-refractivity contribution is 0.851. The molecule has 0 radical (unpaired) electrons. The smallest absolute Gasteiger partial charge is 0.0122 e. The van der Waals surface area contributed by atoms with E-state index in [2.05, 4.69) is 63.3 Å². The van der Waals surface area contributed by atoms with Crippen LogP contribution in [0.4, 0.5) is 0 Å². The monoisotopic (exact) mass is 236 g/mol. The average Bonchev–Trinajstić information content (AvgIpc) is 2.02. The van der Waals surface area contributed by atoms with Crippen molar-refractivity contribution in [3.8, 4) is 0 Å². The highest BCUT2D eigenvalue weighted by Gasteiger charge is 2.40. The van der Waals surface area contributed by atoms with Crippen LogP contribution >= 0.6 is 20.1 Å². The molecule has 0 saturated carbocycles. The van der Waals surface area contributed by atoms with E-state index in [1.165, 1.54) is 16.6 Å². The van der Waals surface area contributed by atoms with Crippen molar-refractivity contribution < 1.29 is 0 Å². The molecule has 1 unspecified atom stereocenters. The Morgan fingerprint density at radius 2 is 1.79 bits per heavy atom. The summed E-state index contributed by atoms with van der Waals surface area (Å²) in [7, 11) is -1.72. The Morgan fingerprint density at radius 1 is 1.29 bits per heavy atom. The zero-order valence-corrected chi connectivity index (χ0v) is 12.4. The number of rotatable bonds is 6. The quantitative estimate of drug-likeness (QED) is 0.630. The van der Waals surface area contributed by atoms with Gasteiger partial charge in [-0.15, -0.1) is 6.58 Å². The van der Waals surface area contributed by atoms with Crippen LogP contribution < -0.4 is 0 Å². The normalized spacial score (nSPS) is 19.6. The summed E-state index contributed by atoms with van der Waals surface area (Å²) < 4.78 is 0. The van der Waals surface area contributed by atoms with Crippen LogP contribution in [0.1, 0.15) is 13.8 Å². The van der Waals surface area contributed by atoms with Crippen LogP contribution in [0.15, 0.2) is 12.7 Å². The van der Waals surface area contributed by atoms with Crippen molar-refractivity contribution in [3.05, 3.63) is 12.7 Å². The second-order valence-corrected chi connectivity index (χ2v) is 19.1.